The van der Waals surface area contributed by atoms with Gasteiger partial charge in [-0.2, -0.15) is 0 Å². The molecule has 0 fully saturated rings. The first-order valence-electron chi connectivity index (χ1n) is 22.7. The van der Waals surface area contributed by atoms with Crippen molar-refractivity contribution in [2.24, 2.45) is 5.92 Å². The molecule has 0 spiro atoms. The highest BCUT2D eigenvalue weighted by Crippen LogP contribution is 2.45. The lowest BCUT2D eigenvalue weighted by molar-refractivity contribution is 0.609. The van der Waals surface area contributed by atoms with Gasteiger partial charge in [0.25, 0.3) is 0 Å². The predicted molar refractivity (Wildman–Crippen MR) is 283 cm³/mol. The molecule has 12 rings (SSSR count). The first-order valence-corrected chi connectivity index (χ1v) is 23.5. The van der Waals surface area contributed by atoms with Gasteiger partial charge in [0.05, 0.1) is 17.1 Å². The summed E-state index contributed by atoms with van der Waals surface area (Å²) in [6.45, 7) is 2.31. The van der Waals surface area contributed by atoms with Gasteiger partial charge in [0.15, 0.2) is 0 Å². The fraction of sp³-hybridized carbons (Fsp3) is 0.0492. The van der Waals surface area contributed by atoms with E-state index >= 15 is 0 Å². The SMILES string of the molecule is C[C@H]1C=CC=CC1N(c1ccccc1)c1ccc2c(c1)c1cc3sc4ccc(N(c5ccccc5)c5ccccc5)cc4c3cc1n2-c1ccc(N(c2ccccc2)c2ccccc2)cc1. The molecular weight excluding hydrogens is 821 g/mol. The molecule has 0 amide bonds. The lowest BCUT2D eigenvalue weighted by Gasteiger charge is -2.36. The van der Waals surface area contributed by atoms with Gasteiger partial charge in [-0.05, 0) is 139 Å². The number of thiophene rings is 1. The maximum absolute atomic E-state index is 2.51. The molecule has 4 nitrogen and oxygen atoms in total. The zero-order chi connectivity index (χ0) is 44.0. The average molecular weight is 867 g/mol. The molecule has 0 N–H and O–H groups in total. The Morgan fingerprint density at radius 1 is 0.364 bits per heavy atom. The molecule has 1 aliphatic carbocycles. The maximum Gasteiger partial charge on any atom is 0.0585 e. The topological polar surface area (TPSA) is 14.7 Å². The summed E-state index contributed by atoms with van der Waals surface area (Å²) in [7, 11) is 0. The van der Waals surface area contributed by atoms with E-state index in [0.717, 1.165) is 39.8 Å². The molecule has 11 aromatic rings. The van der Waals surface area contributed by atoms with Crippen LogP contribution in [0.15, 0.2) is 249 Å². The van der Waals surface area contributed by atoms with Crippen LogP contribution in [0.25, 0.3) is 47.7 Å². The molecular formula is C61H46N4S. The Labute approximate surface area is 389 Å². The number of anilines is 8. The van der Waals surface area contributed by atoms with E-state index in [1.54, 1.807) is 0 Å². The van der Waals surface area contributed by atoms with Crippen LogP contribution in [0.4, 0.5) is 45.5 Å². The standard InChI is InChI=1S/C61H46N4S/c1-43-19-17-18-30-57(43)64(48-28-15-6-16-29-48)52-35-37-58-53(39-52)54-42-61-56(55-40-51(36-38-60(55)66-61)63(46-24-11-4-12-25-46)47-26-13-5-14-27-47)41-59(54)65(58)50-33-31-49(32-34-50)62(44-20-7-2-8-21-44)45-22-9-3-10-23-45/h2-43,57H,1H3/t43-,57?/m0/s1. The largest absolute Gasteiger partial charge is 0.334 e. The number of hydrogen-bond donors (Lipinski definition) is 0. The van der Waals surface area contributed by atoms with Crippen molar-refractivity contribution in [2.45, 2.75) is 13.0 Å². The highest BCUT2D eigenvalue weighted by molar-refractivity contribution is 7.25. The Hall–Kier alpha value is -8.12. The van der Waals surface area contributed by atoms with Crippen LogP contribution in [-0.4, -0.2) is 10.6 Å². The normalized spacial score (nSPS) is 14.6. The van der Waals surface area contributed by atoms with Crippen LogP contribution in [0, 0.1) is 5.92 Å². The quantitative estimate of drug-likeness (QED) is 0.136. The first kappa shape index (κ1) is 39.5. The molecule has 0 radical (unpaired) electrons. The molecule has 1 unspecified atom stereocenters. The predicted octanol–water partition coefficient (Wildman–Crippen LogP) is 17.4. The van der Waals surface area contributed by atoms with E-state index in [9.17, 15) is 0 Å². The van der Waals surface area contributed by atoms with Crippen LogP contribution >= 0.6 is 11.3 Å². The molecule has 2 atom stereocenters. The fourth-order valence-electron chi connectivity index (χ4n) is 9.89. The minimum atomic E-state index is 0.169. The van der Waals surface area contributed by atoms with Gasteiger partial charge in [0.2, 0.25) is 0 Å². The number of nitrogens with zero attached hydrogens (tertiary/aromatic N) is 4. The third-order valence-corrected chi connectivity index (χ3v) is 14.1. The Balaban J connectivity index is 1.07. The van der Waals surface area contributed by atoms with Gasteiger partial charge in [-0.25, -0.2) is 0 Å². The molecule has 316 valence electrons. The third kappa shape index (κ3) is 7.02. The number of benzene rings is 9. The number of para-hydroxylation sites is 5. The molecule has 2 heterocycles. The Kier molecular flexibility index (Phi) is 10.0. The number of allylic oxidation sites excluding steroid dienone is 2. The van der Waals surface area contributed by atoms with E-state index in [1.165, 1.54) is 53.4 Å². The van der Waals surface area contributed by atoms with Crippen molar-refractivity contribution in [2.75, 3.05) is 14.7 Å². The second-order valence-corrected chi connectivity index (χ2v) is 18.1. The van der Waals surface area contributed by atoms with E-state index in [1.807, 2.05) is 11.3 Å². The van der Waals surface area contributed by atoms with Crippen LogP contribution in [0.3, 0.4) is 0 Å². The van der Waals surface area contributed by atoms with Crippen molar-refractivity contribution in [3.8, 4) is 5.69 Å². The van der Waals surface area contributed by atoms with Crippen LogP contribution in [0.5, 0.6) is 0 Å². The second-order valence-electron chi connectivity index (χ2n) is 17.0. The van der Waals surface area contributed by atoms with Crippen LogP contribution in [0.2, 0.25) is 0 Å². The first-order chi connectivity index (χ1) is 32.7. The van der Waals surface area contributed by atoms with Gasteiger partial charge in [-0.1, -0.05) is 122 Å². The van der Waals surface area contributed by atoms with Crippen molar-refractivity contribution in [1.29, 1.82) is 0 Å². The lowest BCUT2D eigenvalue weighted by Crippen LogP contribution is -2.35. The molecule has 0 aliphatic heterocycles. The van der Waals surface area contributed by atoms with Gasteiger partial charge in [0.1, 0.15) is 0 Å². The minimum Gasteiger partial charge on any atom is -0.334 e. The zero-order valence-corrected chi connectivity index (χ0v) is 37.3. The summed E-state index contributed by atoms with van der Waals surface area (Å²) in [5.41, 5.74) is 12.5. The van der Waals surface area contributed by atoms with Crippen LogP contribution < -0.4 is 14.7 Å². The monoisotopic (exact) mass is 866 g/mol. The fourth-order valence-corrected chi connectivity index (χ4v) is 11.0. The van der Waals surface area contributed by atoms with Crippen molar-refractivity contribution in [1.82, 2.24) is 4.57 Å². The van der Waals surface area contributed by atoms with E-state index < -0.39 is 0 Å². The van der Waals surface area contributed by atoms with E-state index in [2.05, 4.69) is 275 Å². The molecule has 1 aliphatic rings. The smallest absolute Gasteiger partial charge is 0.0585 e. The van der Waals surface area contributed by atoms with Gasteiger partial charge in [0, 0.05) is 82.1 Å². The molecule has 2 aromatic heterocycles. The second kappa shape index (κ2) is 16.8. The highest BCUT2D eigenvalue weighted by atomic mass is 32.1. The average Bonchev–Trinajstić information content (AvgIpc) is 3.90. The van der Waals surface area contributed by atoms with E-state index in [4.69, 9.17) is 0 Å². The molecule has 9 aromatic carbocycles. The van der Waals surface area contributed by atoms with Gasteiger partial charge in [-0.3, -0.25) is 0 Å². The summed E-state index contributed by atoms with van der Waals surface area (Å²) in [6, 6.07) is 81.6. The number of fused-ring (bicyclic) bond motifs is 6. The lowest BCUT2D eigenvalue weighted by atomic mass is 9.94. The summed E-state index contributed by atoms with van der Waals surface area (Å²) in [4.78, 5) is 7.18. The van der Waals surface area contributed by atoms with Crippen molar-refractivity contribution in [3.63, 3.8) is 0 Å². The van der Waals surface area contributed by atoms with Crippen LogP contribution in [0.1, 0.15) is 6.92 Å². The Morgan fingerprint density at radius 3 is 1.39 bits per heavy atom. The van der Waals surface area contributed by atoms with Gasteiger partial charge >= 0.3 is 0 Å². The molecule has 66 heavy (non-hydrogen) atoms. The summed E-state index contributed by atoms with van der Waals surface area (Å²) in [6.07, 6.45) is 9.01. The summed E-state index contributed by atoms with van der Waals surface area (Å²) in [5.74, 6) is 0.333. The van der Waals surface area contributed by atoms with E-state index in [-0.39, 0.29) is 6.04 Å². The van der Waals surface area contributed by atoms with E-state index in [0.29, 0.717) is 5.92 Å². The Morgan fingerprint density at radius 2 is 0.818 bits per heavy atom. The van der Waals surface area contributed by atoms with Crippen molar-refractivity contribution in [3.05, 3.63) is 249 Å². The number of rotatable bonds is 10. The summed E-state index contributed by atoms with van der Waals surface area (Å²) >= 11 is 1.87. The van der Waals surface area contributed by atoms with Crippen molar-refractivity contribution >= 4 is 98.8 Å². The highest BCUT2D eigenvalue weighted by Gasteiger charge is 2.26. The van der Waals surface area contributed by atoms with Crippen LogP contribution in [-0.2, 0) is 0 Å². The van der Waals surface area contributed by atoms with Gasteiger partial charge < -0.3 is 19.3 Å². The van der Waals surface area contributed by atoms with Crippen molar-refractivity contribution < 1.29 is 0 Å². The maximum atomic E-state index is 2.51. The molecule has 0 bridgehead atoms. The molecule has 5 heteroatoms. The third-order valence-electron chi connectivity index (χ3n) is 13.0. The zero-order valence-electron chi connectivity index (χ0n) is 36.5. The Bertz CT molecular complexity index is 3460. The summed E-state index contributed by atoms with van der Waals surface area (Å²) < 4.78 is 5.02. The number of hydrogen-bond acceptors (Lipinski definition) is 4. The van der Waals surface area contributed by atoms with Gasteiger partial charge in [-0.15, -0.1) is 11.3 Å². The number of aromatic nitrogens is 1. The summed E-state index contributed by atoms with van der Waals surface area (Å²) in [5, 5.41) is 4.97. The molecule has 0 saturated heterocycles. The minimum absolute atomic E-state index is 0.169. The molecule has 0 saturated carbocycles.